The molecule has 2 heterocycles. The van der Waals surface area contributed by atoms with Crippen molar-refractivity contribution in [3.63, 3.8) is 0 Å². The average Bonchev–Trinajstić information content (AvgIpc) is 3.26. The maximum atomic E-state index is 11.3. The number of aromatic nitrogens is 2. The van der Waals surface area contributed by atoms with Gasteiger partial charge in [-0.2, -0.15) is 0 Å². The number of carbonyl (C=O) groups excluding carboxylic acids is 1. The normalized spacial score (nSPS) is 10.6. The zero-order chi connectivity index (χ0) is 19.2. The molecule has 0 amide bonds. The molecule has 0 aliphatic heterocycles. The molecule has 0 spiro atoms. The number of ether oxygens (including phenoxy) is 1. The summed E-state index contributed by atoms with van der Waals surface area (Å²) >= 11 is 1.56. The Morgan fingerprint density at radius 2 is 2.00 bits per heavy atom. The third kappa shape index (κ3) is 4.68. The first-order chi connectivity index (χ1) is 13.1. The van der Waals surface area contributed by atoms with Gasteiger partial charge in [0.05, 0.1) is 18.5 Å². The zero-order valence-corrected chi connectivity index (χ0v) is 16.6. The van der Waals surface area contributed by atoms with Gasteiger partial charge in [-0.15, -0.1) is 11.3 Å². The van der Waals surface area contributed by atoms with Gasteiger partial charge in [-0.1, -0.05) is 18.2 Å². The van der Waals surface area contributed by atoms with Crippen LogP contribution in [0.5, 0.6) is 0 Å². The summed E-state index contributed by atoms with van der Waals surface area (Å²) in [7, 11) is 1.42. The Bertz CT molecular complexity index is 902. The van der Waals surface area contributed by atoms with E-state index in [1.807, 2.05) is 30.3 Å². The van der Waals surface area contributed by atoms with Gasteiger partial charge in [0.1, 0.15) is 0 Å². The molecule has 3 aromatic rings. The number of nitrogens with one attached hydrogen (secondary N) is 2. The molecular formula is C20H24N4O2S. The van der Waals surface area contributed by atoms with Crippen LogP contribution in [0, 0.1) is 13.8 Å². The van der Waals surface area contributed by atoms with Crippen LogP contribution in [0.3, 0.4) is 0 Å². The largest absolute Gasteiger partial charge is 0.469 e. The van der Waals surface area contributed by atoms with E-state index in [-0.39, 0.29) is 5.97 Å². The summed E-state index contributed by atoms with van der Waals surface area (Å²) in [6, 6.07) is 12.1. The van der Waals surface area contributed by atoms with Gasteiger partial charge in [0.2, 0.25) is 5.13 Å². The van der Waals surface area contributed by atoms with E-state index in [9.17, 15) is 4.79 Å². The molecule has 142 valence electrons. The highest BCUT2D eigenvalue weighted by Crippen LogP contribution is 2.30. The van der Waals surface area contributed by atoms with Gasteiger partial charge >= 0.3 is 5.97 Å². The zero-order valence-electron chi connectivity index (χ0n) is 15.8. The number of methoxy groups -OCH3 is 1. The van der Waals surface area contributed by atoms with Crippen LogP contribution in [-0.2, 0) is 16.1 Å². The average molecular weight is 385 g/mol. The number of benzene rings is 1. The fraction of sp³-hybridized carbons (Fsp3) is 0.300. The molecular weight excluding hydrogens is 360 g/mol. The Kier molecular flexibility index (Phi) is 6.13. The standard InChI is InChI=1S/C20H24N4O2S/c1-14-12-17(15(2)24(14)11-7-10-19(25)26-3)18-13-27-20(21-18)23-22-16-8-5-4-6-9-16/h4-6,8-9,12-13,22H,7,10-11H2,1-3H3,(H,21,23). The number of thiazole rings is 1. The number of anilines is 2. The van der Waals surface area contributed by atoms with E-state index in [0.717, 1.165) is 46.4 Å². The number of hydrazine groups is 1. The van der Waals surface area contributed by atoms with Gasteiger partial charge in [0.25, 0.3) is 0 Å². The molecule has 0 saturated heterocycles. The van der Waals surface area contributed by atoms with Gasteiger partial charge in [0.15, 0.2) is 0 Å². The first kappa shape index (κ1) is 19.0. The van der Waals surface area contributed by atoms with Crippen molar-refractivity contribution >= 4 is 28.1 Å². The fourth-order valence-corrected chi connectivity index (χ4v) is 3.65. The number of para-hydroxylation sites is 1. The van der Waals surface area contributed by atoms with E-state index in [4.69, 9.17) is 9.72 Å². The van der Waals surface area contributed by atoms with Crippen LogP contribution in [0.1, 0.15) is 24.2 Å². The second kappa shape index (κ2) is 8.73. The Balaban J connectivity index is 1.67. The van der Waals surface area contributed by atoms with Crippen LogP contribution < -0.4 is 10.9 Å². The van der Waals surface area contributed by atoms with E-state index >= 15 is 0 Å². The number of aryl methyl sites for hydroxylation is 1. The molecule has 3 rings (SSSR count). The molecule has 2 aromatic heterocycles. The summed E-state index contributed by atoms with van der Waals surface area (Å²) in [6.45, 7) is 4.96. The highest BCUT2D eigenvalue weighted by atomic mass is 32.1. The van der Waals surface area contributed by atoms with Crippen molar-refractivity contribution < 1.29 is 9.53 Å². The molecule has 0 saturated carbocycles. The highest BCUT2D eigenvalue weighted by molar-refractivity contribution is 7.14. The quantitative estimate of drug-likeness (QED) is 0.438. The summed E-state index contributed by atoms with van der Waals surface area (Å²) in [6.07, 6.45) is 1.19. The van der Waals surface area contributed by atoms with E-state index in [2.05, 4.69) is 40.7 Å². The molecule has 1 aromatic carbocycles. The highest BCUT2D eigenvalue weighted by Gasteiger charge is 2.14. The summed E-state index contributed by atoms with van der Waals surface area (Å²) in [5.41, 5.74) is 11.7. The number of esters is 1. The van der Waals surface area contributed by atoms with Crippen LogP contribution in [0.4, 0.5) is 10.8 Å². The molecule has 0 aliphatic rings. The van der Waals surface area contributed by atoms with Crippen LogP contribution >= 0.6 is 11.3 Å². The van der Waals surface area contributed by atoms with Crippen molar-refractivity contribution in [3.8, 4) is 11.3 Å². The SMILES string of the molecule is COC(=O)CCCn1c(C)cc(-c2csc(NNc3ccccc3)n2)c1C. The van der Waals surface area contributed by atoms with Gasteiger partial charge in [-0.05, 0) is 38.5 Å². The molecule has 7 heteroatoms. The third-order valence-electron chi connectivity index (χ3n) is 4.43. The van der Waals surface area contributed by atoms with E-state index < -0.39 is 0 Å². The molecule has 0 fully saturated rings. The topological polar surface area (TPSA) is 68.2 Å². The fourth-order valence-electron chi connectivity index (χ4n) is 2.99. The van der Waals surface area contributed by atoms with Crippen molar-refractivity contribution in [2.24, 2.45) is 0 Å². The number of rotatable bonds is 8. The molecule has 0 bridgehead atoms. The molecule has 0 aliphatic carbocycles. The second-order valence-electron chi connectivity index (χ2n) is 6.27. The van der Waals surface area contributed by atoms with Crippen LogP contribution in [0.2, 0.25) is 0 Å². The molecule has 27 heavy (non-hydrogen) atoms. The Labute approximate surface area is 163 Å². The number of hydrogen-bond donors (Lipinski definition) is 2. The van der Waals surface area contributed by atoms with Crippen LogP contribution in [0.25, 0.3) is 11.3 Å². The van der Waals surface area contributed by atoms with Gasteiger partial charge in [-0.25, -0.2) is 4.98 Å². The van der Waals surface area contributed by atoms with Crippen molar-refractivity contribution in [1.29, 1.82) is 0 Å². The van der Waals surface area contributed by atoms with E-state index in [0.29, 0.717) is 6.42 Å². The first-order valence-corrected chi connectivity index (χ1v) is 9.73. The molecule has 6 nitrogen and oxygen atoms in total. The Hall–Kier alpha value is -2.80. The number of hydrogen-bond acceptors (Lipinski definition) is 6. The van der Waals surface area contributed by atoms with Gasteiger partial charge < -0.3 is 9.30 Å². The summed E-state index contributed by atoms with van der Waals surface area (Å²) in [4.78, 5) is 16.0. The Morgan fingerprint density at radius 3 is 2.74 bits per heavy atom. The maximum Gasteiger partial charge on any atom is 0.305 e. The molecule has 0 atom stereocenters. The Morgan fingerprint density at radius 1 is 1.22 bits per heavy atom. The molecule has 0 unspecified atom stereocenters. The summed E-state index contributed by atoms with van der Waals surface area (Å²) in [5, 5.41) is 2.86. The van der Waals surface area contributed by atoms with E-state index in [1.54, 1.807) is 11.3 Å². The van der Waals surface area contributed by atoms with Crippen LogP contribution in [0.15, 0.2) is 41.8 Å². The third-order valence-corrected chi connectivity index (χ3v) is 5.19. The van der Waals surface area contributed by atoms with Crippen molar-refractivity contribution in [2.45, 2.75) is 33.2 Å². The monoisotopic (exact) mass is 384 g/mol. The number of carbonyl (C=O) groups is 1. The smallest absolute Gasteiger partial charge is 0.305 e. The summed E-state index contributed by atoms with van der Waals surface area (Å²) in [5.74, 6) is -0.168. The predicted octanol–water partition coefficient (Wildman–Crippen LogP) is 4.62. The lowest BCUT2D eigenvalue weighted by atomic mass is 10.2. The van der Waals surface area contributed by atoms with Crippen LogP contribution in [-0.4, -0.2) is 22.6 Å². The minimum atomic E-state index is -0.168. The van der Waals surface area contributed by atoms with Crippen molar-refractivity contribution in [1.82, 2.24) is 9.55 Å². The second-order valence-corrected chi connectivity index (χ2v) is 7.13. The van der Waals surface area contributed by atoms with Crippen molar-refractivity contribution in [3.05, 3.63) is 53.2 Å². The van der Waals surface area contributed by atoms with E-state index in [1.165, 1.54) is 7.11 Å². The lowest BCUT2D eigenvalue weighted by Crippen LogP contribution is -2.08. The maximum absolute atomic E-state index is 11.3. The lowest BCUT2D eigenvalue weighted by molar-refractivity contribution is -0.140. The molecule has 0 radical (unpaired) electrons. The number of nitrogens with zero attached hydrogens (tertiary/aromatic N) is 2. The molecule has 2 N–H and O–H groups in total. The van der Waals surface area contributed by atoms with Gasteiger partial charge in [-0.3, -0.25) is 15.6 Å². The first-order valence-electron chi connectivity index (χ1n) is 8.85. The predicted molar refractivity (Wildman–Crippen MR) is 110 cm³/mol. The van der Waals surface area contributed by atoms with Crippen molar-refractivity contribution in [2.75, 3.05) is 18.0 Å². The summed E-state index contributed by atoms with van der Waals surface area (Å²) < 4.78 is 6.94. The van der Waals surface area contributed by atoms with Gasteiger partial charge in [0, 0.05) is 35.3 Å². The minimum absolute atomic E-state index is 0.168. The lowest BCUT2D eigenvalue weighted by Gasteiger charge is -2.09. The minimum Gasteiger partial charge on any atom is -0.469 e.